The molecule has 0 aliphatic heterocycles. The summed E-state index contributed by atoms with van der Waals surface area (Å²) in [6.07, 6.45) is 0. The Morgan fingerprint density at radius 1 is 1.20 bits per heavy atom. The number of rotatable bonds is 7. The third-order valence-corrected chi connectivity index (χ3v) is 6.50. The summed E-state index contributed by atoms with van der Waals surface area (Å²) in [7, 11) is 1.60. The van der Waals surface area contributed by atoms with Crippen molar-refractivity contribution in [2.75, 3.05) is 18.2 Å². The molecule has 0 spiro atoms. The number of hydrogen-bond acceptors (Lipinski definition) is 6. The van der Waals surface area contributed by atoms with E-state index in [1.54, 1.807) is 24.5 Å². The highest BCUT2D eigenvalue weighted by atomic mass is 32.2. The maximum absolute atomic E-state index is 12.4. The van der Waals surface area contributed by atoms with Crippen LogP contribution >= 0.6 is 23.1 Å². The van der Waals surface area contributed by atoms with Gasteiger partial charge in [-0.25, -0.2) is 0 Å². The molecule has 2 aromatic heterocycles. The first kappa shape index (κ1) is 20.4. The first-order valence-electron chi connectivity index (χ1n) is 9.55. The maximum atomic E-state index is 12.4. The van der Waals surface area contributed by atoms with Crippen LogP contribution in [-0.4, -0.2) is 33.5 Å². The van der Waals surface area contributed by atoms with Crippen molar-refractivity contribution in [3.8, 4) is 17.1 Å². The molecule has 1 N–H and O–H groups in total. The van der Waals surface area contributed by atoms with Crippen molar-refractivity contribution in [3.05, 3.63) is 53.9 Å². The largest absolute Gasteiger partial charge is 0.497 e. The van der Waals surface area contributed by atoms with Gasteiger partial charge in [0.1, 0.15) is 5.75 Å². The van der Waals surface area contributed by atoms with Gasteiger partial charge >= 0.3 is 0 Å². The van der Waals surface area contributed by atoms with E-state index in [4.69, 9.17) is 4.74 Å². The number of methoxy groups -OCH3 is 1. The summed E-state index contributed by atoms with van der Waals surface area (Å²) in [5, 5.41) is 15.8. The Hall–Kier alpha value is -2.84. The summed E-state index contributed by atoms with van der Waals surface area (Å²) in [4.78, 5) is 12.4. The highest BCUT2D eigenvalue weighted by molar-refractivity contribution is 7.99. The van der Waals surface area contributed by atoms with E-state index in [1.165, 1.54) is 21.8 Å². The second kappa shape index (κ2) is 8.89. The van der Waals surface area contributed by atoms with Gasteiger partial charge < -0.3 is 10.1 Å². The molecule has 2 heterocycles. The number of carbonyl (C=O) groups excluding carboxylic acids is 1. The molecule has 4 aromatic rings. The van der Waals surface area contributed by atoms with Crippen LogP contribution in [0.5, 0.6) is 5.75 Å². The number of fused-ring (bicyclic) bond motifs is 1. The molecular formula is C22H22N4O2S2. The molecule has 0 atom stereocenters. The second-order valence-electron chi connectivity index (χ2n) is 6.98. The first-order chi connectivity index (χ1) is 14.6. The third-order valence-electron chi connectivity index (χ3n) is 4.59. The molecule has 30 heavy (non-hydrogen) atoms. The van der Waals surface area contributed by atoms with E-state index in [1.807, 2.05) is 30.3 Å². The molecule has 0 bridgehead atoms. The number of thiophene rings is 1. The van der Waals surface area contributed by atoms with E-state index in [9.17, 15) is 4.79 Å². The monoisotopic (exact) mass is 438 g/mol. The van der Waals surface area contributed by atoms with Crippen molar-refractivity contribution >= 4 is 44.8 Å². The quantitative estimate of drug-likeness (QED) is 0.387. The van der Waals surface area contributed by atoms with E-state index < -0.39 is 0 Å². The van der Waals surface area contributed by atoms with Crippen LogP contribution in [0.1, 0.15) is 19.9 Å². The van der Waals surface area contributed by atoms with Gasteiger partial charge in [-0.05, 0) is 32.0 Å². The minimum Gasteiger partial charge on any atom is -0.497 e. The number of nitrogens with zero attached hydrogens (tertiary/aromatic N) is 3. The van der Waals surface area contributed by atoms with Crippen LogP contribution in [0.2, 0.25) is 0 Å². The minimum absolute atomic E-state index is 0.103. The van der Waals surface area contributed by atoms with Gasteiger partial charge in [0.15, 0.2) is 11.0 Å². The summed E-state index contributed by atoms with van der Waals surface area (Å²) in [6, 6.07) is 15.8. The zero-order valence-electron chi connectivity index (χ0n) is 17.0. The van der Waals surface area contributed by atoms with Crippen molar-refractivity contribution in [1.82, 2.24) is 14.8 Å². The fourth-order valence-electron chi connectivity index (χ4n) is 3.20. The van der Waals surface area contributed by atoms with Gasteiger partial charge in [0, 0.05) is 38.8 Å². The predicted octanol–water partition coefficient (Wildman–Crippen LogP) is 5.48. The van der Waals surface area contributed by atoms with Crippen molar-refractivity contribution < 1.29 is 9.53 Å². The molecular weight excluding hydrogens is 416 g/mol. The van der Waals surface area contributed by atoms with E-state index in [2.05, 4.69) is 51.4 Å². The highest BCUT2D eigenvalue weighted by Crippen LogP contribution is 2.35. The molecule has 154 valence electrons. The molecule has 0 saturated heterocycles. The summed E-state index contributed by atoms with van der Waals surface area (Å²) in [5.74, 6) is 1.67. The topological polar surface area (TPSA) is 69.0 Å². The van der Waals surface area contributed by atoms with Gasteiger partial charge in [-0.2, -0.15) is 0 Å². The van der Waals surface area contributed by atoms with Crippen LogP contribution in [0.4, 0.5) is 5.69 Å². The van der Waals surface area contributed by atoms with E-state index >= 15 is 0 Å². The highest BCUT2D eigenvalue weighted by Gasteiger charge is 2.20. The van der Waals surface area contributed by atoms with E-state index in [0.29, 0.717) is 11.4 Å². The Kier molecular flexibility index (Phi) is 6.06. The Morgan fingerprint density at radius 3 is 2.83 bits per heavy atom. The number of ether oxygens (including phenoxy) is 1. The number of anilines is 1. The minimum atomic E-state index is -0.103. The number of thioether (sulfide) groups is 1. The van der Waals surface area contributed by atoms with Crippen molar-refractivity contribution in [3.63, 3.8) is 0 Å². The zero-order chi connectivity index (χ0) is 21.1. The Morgan fingerprint density at radius 2 is 2.03 bits per heavy atom. The number of carbonyl (C=O) groups is 1. The zero-order valence-corrected chi connectivity index (χ0v) is 18.6. The average molecular weight is 439 g/mol. The Bertz CT molecular complexity index is 1180. The third kappa shape index (κ3) is 4.20. The van der Waals surface area contributed by atoms with Crippen molar-refractivity contribution in [1.29, 1.82) is 0 Å². The number of amides is 1. The van der Waals surface area contributed by atoms with Crippen molar-refractivity contribution in [2.24, 2.45) is 0 Å². The van der Waals surface area contributed by atoms with E-state index in [0.717, 1.165) is 16.5 Å². The van der Waals surface area contributed by atoms with Crippen LogP contribution in [0.15, 0.2) is 59.1 Å². The SMILES string of the molecule is COc1cccc(NC(=O)CSc2nnc(-c3csc4ccccc34)n2C(C)C)c1. The fourth-order valence-corrected chi connectivity index (χ4v) is 5.01. The first-order valence-corrected chi connectivity index (χ1v) is 11.4. The van der Waals surface area contributed by atoms with Crippen molar-refractivity contribution in [2.45, 2.75) is 25.0 Å². The molecule has 1 amide bonds. The lowest BCUT2D eigenvalue weighted by atomic mass is 10.1. The molecule has 4 rings (SSSR count). The molecule has 0 unspecified atom stereocenters. The van der Waals surface area contributed by atoms with Crippen LogP contribution in [0.3, 0.4) is 0 Å². The molecule has 0 fully saturated rings. The van der Waals surface area contributed by atoms with Crippen LogP contribution in [0, 0.1) is 0 Å². The van der Waals surface area contributed by atoms with E-state index in [-0.39, 0.29) is 17.7 Å². The Labute approximate surface area is 183 Å². The molecule has 6 nitrogen and oxygen atoms in total. The molecule has 8 heteroatoms. The normalized spacial score (nSPS) is 11.2. The van der Waals surface area contributed by atoms with Gasteiger partial charge in [-0.3, -0.25) is 9.36 Å². The smallest absolute Gasteiger partial charge is 0.234 e. The molecule has 0 aliphatic carbocycles. The van der Waals surface area contributed by atoms with Crippen LogP contribution in [0.25, 0.3) is 21.5 Å². The number of hydrogen-bond donors (Lipinski definition) is 1. The van der Waals surface area contributed by atoms with Gasteiger partial charge in [0.05, 0.1) is 12.9 Å². The summed E-state index contributed by atoms with van der Waals surface area (Å²) >= 11 is 3.08. The Balaban J connectivity index is 1.53. The molecule has 0 saturated carbocycles. The lowest BCUT2D eigenvalue weighted by Crippen LogP contribution is -2.15. The summed E-state index contributed by atoms with van der Waals surface area (Å²) in [5.41, 5.74) is 1.78. The van der Waals surface area contributed by atoms with Gasteiger partial charge in [0.25, 0.3) is 0 Å². The lowest BCUT2D eigenvalue weighted by molar-refractivity contribution is -0.113. The number of benzene rings is 2. The number of aromatic nitrogens is 3. The van der Waals surface area contributed by atoms with Crippen LogP contribution in [-0.2, 0) is 4.79 Å². The average Bonchev–Trinajstić information content (AvgIpc) is 3.36. The molecule has 0 aliphatic rings. The maximum Gasteiger partial charge on any atom is 0.234 e. The fraction of sp³-hybridized carbons (Fsp3) is 0.227. The number of nitrogens with one attached hydrogen (secondary N) is 1. The lowest BCUT2D eigenvalue weighted by Gasteiger charge is -2.13. The predicted molar refractivity (Wildman–Crippen MR) is 124 cm³/mol. The van der Waals surface area contributed by atoms with Gasteiger partial charge in [0.2, 0.25) is 5.91 Å². The molecule has 2 aromatic carbocycles. The summed E-state index contributed by atoms with van der Waals surface area (Å²) < 4.78 is 8.51. The second-order valence-corrected chi connectivity index (χ2v) is 8.84. The van der Waals surface area contributed by atoms with Crippen LogP contribution < -0.4 is 10.1 Å². The van der Waals surface area contributed by atoms with Gasteiger partial charge in [-0.15, -0.1) is 21.5 Å². The van der Waals surface area contributed by atoms with Gasteiger partial charge in [-0.1, -0.05) is 36.0 Å². The molecule has 0 radical (unpaired) electrons. The standard InChI is InChI=1S/C22H22N4O2S2/c1-14(2)26-21(18-12-29-19-10-5-4-9-17(18)19)24-25-22(26)30-13-20(27)23-15-7-6-8-16(11-15)28-3/h4-12,14H,13H2,1-3H3,(H,23,27). The summed E-state index contributed by atoms with van der Waals surface area (Å²) in [6.45, 7) is 4.20.